The molecule has 0 aliphatic rings. The fourth-order valence-corrected chi connectivity index (χ4v) is 2.09. The van der Waals surface area contributed by atoms with Crippen LogP contribution >= 0.6 is 0 Å². The molecule has 1 N–H and O–H groups in total. The molecule has 1 aromatic carbocycles. The van der Waals surface area contributed by atoms with Crippen molar-refractivity contribution in [2.24, 2.45) is 0 Å². The van der Waals surface area contributed by atoms with Gasteiger partial charge in [-0.1, -0.05) is 17.9 Å². The third-order valence-corrected chi connectivity index (χ3v) is 2.88. The van der Waals surface area contributed by atoms with E-state index in [0.29, 0.717) is 18.7 Å². The molecule has 2 rings (SSSR count). The van der Waals surface area contributed by atoms with Crippen LogP contribution in [0.3, 0.4) is 0 Å². The highest BCUT2D eigenvalue weighted by Gasteiger charge is 2.05. The summed E-state index contributed by atoms with van der Waals surface area (Å²) < 4.78 is 13.6. The highest BCUT2D eigenvalue weighted by atomic mass is 19.1. The summed E-state index contributed by atoms with van der Waals surface area (Å²) in [5.41, 5.74) is 2.39. The van der Waals surface area contributed by atoms with Gasteiger partial charge in [-0.2, -0.15) is 0 Å². The fourth-order valence-electron chi connectivity index (χ4n) is 2.09. The Morgan fingerprint density at radius 3 is 2.81 bits per heavy atom. The Morgan fingerprint density at radius 2 is 2.10 bits per heavy atom. The van der Waals surface area contributed by atoms with Crippen molar-refractivity contribution in [3.63, 3.8) is 0 Å². The molecule has 0 bridgehead atoms. The SMILES string of the molecule is CN(Cc1cc(F)cc(C#CCO)c1)Cc1ccccn1. The van der Waals surface area contributed by atoms with Crippen LogP contribution < -0.4 is 0 Å². The molecule has 2 aromatic rings. The van der Waals surface area contributed by atoms with Crippen molar-refractivity contribution >= 4 is 0 Å². The molecular weight excluding hydrogens is 267 g/mol. The lowest BCUT2D eigenvalue weighted by Gasteiger charge is -2.16. The molecule has 1 aromatic heterocycles. The van der Waals surface area contributed by atoms with Crippen LogP contribution in [0.1, 0.15) is 16.8 Å². The van der Waals surface area contributed by atoms with E-state index in [4.69, 9.17) is 5.11 Å². The maximum Gasteiger partial charge on any atom is 0.124 e. The third-order valence-electron chi connectivity index (χ3n) is 2.88. The first kappa shape index (κ1) is 15.2. The maximum atomic E-state index is 13.6. The van der Waals surface area contributed by atoms with Crippen LogP contribution in [0.25, 0.3) is 0 Å². The lowest BCUT2D eigenvalue weighted by molar-refractivity contribution is 0.314. The van der Waals surface area contributed by atoms with Gasteiger partial charge in [-0.25, -0.2) is 4.39 Å². The molecule has 0 atom stereocenters. The summed E-state index contributed by atoms with van der Waals surface area (Å²) in [7, 11) is 1.96. The molecule has 0 unspecified atom stereocenters. The molecule has 21 heavy (non-hydrogen) atoms. The molecule has 1 heterocycles. The number of hydrogen-bond donors (Lipinski definition) is 1. The largest absolute Gasteiger partial charge is 0.384 e. The predicted octanol–water partition coefficient (Wildman–Crippen LogP) is 2.20. The molecule has 0 amide bonds. The Hall–Kier alpha value is -2.22. The molecule has 108 valence electrons. The van der Waals surface area contributed by atoms with Gasteiger partial charge in [0, 0.05) is 24.8 Å². The number of pyridine rings is 1. The van der Waals surface area contributed by atoms with E-state index in [1.807, 2.05) is 31.3 Å². The summed E-state index contributed by atoms with van der Waals surface area (Å²) in [6, 6.07) is 10.5. The number of hydrogen-bond acceptors (Lipinski definition) is 3. The van der Waals surface area contributed by atoms with E-state index in [-0.39, 0.29) is 12.4 Å². The number of nitrogens with zero attached hydrogens (tertiary/aromatic N) is 2. The zero-order valence-corrected chi connectivity index (χ0v) is 11.9. The minimum absolute atomic E-state index is 0.231. The van der Waals surface area contributed by atoms with Gasteiger partial charge in [-0.3, -0.25) is 9.88 Å². The van der Waals surface area contributed by atoms with E-state index in [9.17, 15) is 4.39 Å². The van der Waals surface area contributed by atoms with Gasteiger partial charge in [-0.05, 0) is 42.9 Å². The molecule has 0 saturated heterocycles. The second-order valence-electron chi connectivity index (χ2n) is 4.80. The van der Waals surface area contributed by atoms with Gasteiger partial charge in [0.25, 0.3) is 0 Å². The standard InChI is InChI=1S/C17H17FN2O/c1-20(13-17-6-2-3-7-19-17)12-15-9-14(5-4-8-21)10-16(18)11-15/h2-3,6-7,9-11,21H,8,12-13H2,1H3. The van der Waals surface area contributed by atoms with Crippen LogP contribution in [-0.2, 0) is 13.1 Å². The summed E-state index contributed by atoms with van der Waals surface area (Å²) in [6.45, 7) is 1.06. The average Bonchev–Trinajstić information content (AvgIpc) is 2.45. The van der Waals surface area contributed by atoms with Gasteiger partial charge >= 0.3 is 0 Å². The average molecular weight is 284 g/mol. The normalized spacial score (nSPS) is 10.3. The van der Waals surface area contributed by atoms with E-state index in [1.54, 1.807) is 6.20 Å². The molecule has 0 fully saturated rings. The van der Waals surface area contributed by atoms with Crippen molar-refractivity contribution in [3.05, 3.63) is 65.2 Å². The van der Waals surface area contributed by atoms with Gasteiger partial charge in [0.15, 0.2) is 0 Å². The Morgan fingerprint density at radius 1 is 1.24 bits per heavy atom. The molecule has 0 aliphatic carbocycles. The van der Waals surface area contributed by atoms with Gasteiger partial charge in [0.05, 0.1) is 5.69 Å². The molecule has 0 saturated carbocycles. The zero-order valence-electron chi connectivity index (χ0n) is 11.9. The van der Waals surface area contributed by atoms with Crippen molar-refractivity contribution in [1.82, 2.24) is 9.88 Å². The second kappa shape index (κ2) is 7.53. The highest BCUT2D eigenvalue weighted by molar-refractivity contribution is 5.37. The van der Waals surface area contributed by atoms with E-state index in [0.717, 1.165) is 11.3 Å². The van der Waals surface area contributed by atoms with Gasteiger partial charge in [0.2, 0.25) is 0 Å². The number of rotatable bonds is 4. The molecular formula is C17H17FN2O. The summed E-state index contributed by atoms with van der Waals surface area (Å²) in [5.74, 6) is 4.94. The summed E-state index contributed by atoms with van der Waals surface area (Å²) in [5, 5.41) is 8.69. The first-order chi connectivity index (χ1) is 10.2. The van der Waals surface area contributed by atoms with E-state index >= 15 is 0 Å². The number of aliphatic hydroxyl groups is 1. The Labute approximate surface area is 124 Å². The van der Waals surface area contributed by atoms with Crippen molar-refractivity contribution in [2.75, 3.05) is 13.7 Å². The van der Waals surface area contributed by atoms with Crippen LogP contribution in [0.4, 0.5) is 4.39 Å². The summed E-state index contributed by atoms with van der Waals surface area (Å²) >= 11 is 0. The second-order valence-corrected chi connectivity index (χ2v) is 4.80. The first-order valence-electron chi connectivity index (χ1n) is 6.65. The minimum atomic E-state index is -0.319. The monoisotopic (exact) mass is 284 g/mol. The summed E-state index contributed by atoms with van der Waals surface area (Å²) in [4.78, 5) is 6.33. The van der Waals surface area contributed by atoms with Crippen molar-refractivity contribution in [2.45, 2.75) is 13.1 Å². The van der Waals surface area contributed by atoms with E-state index in [1.165, 1.54) is 12.1 Å². The number of aliphatic hydroxyl groups excluding tert-OH is 1. The third kappa shape index (κ3) is 4.99. The smallest absolute Gasteiger partial charge is 0.124 e. The first-order valence-corrected chi connectivity index (χ1v) is 6.65. The molecule has 0 aliphatic heterocycles. The van der Waals surface area contributed by atoms with E-state index in [2.05, 4.69) is 21.7 Å². The Kier molecular flexibility index (Phi) is 5.44. The predicted molar refractivity (Wildman–Crippen MR) is 79.8 cm³/mol. The van der Waals surface area contributed by atoms with Crippen LogP contribution in [0.15, 0.2) is 42.6 Å². The number of benzene rings is 1. The van der Waals surface area contributed by atoms with E-state index < -0.39 is 0 Å². The summed E-state index contributed by atoms with van der Waals surface area (Å²) in [6.07, 6.45) is 1.76. The van der Waals surface area contributed by atoms with Gasteiger partial charge in [0.1, 0.15) is 12.4 Å². The lowest BCUT2D eigenvalue weighted by atomic mass is 10.1. The van der Waals surface area contributed by atoms with Crippen LogP contribution in [-0.4, -0.2) is 28.6 Å². The van der Waals surface area contributed by atoms with Crippen molar-refractivity contribution in [3.8, 4) is 11.8 Å². The molecule has 3 nitrogen and oxygen atoms in total. The van der Waals surface area contributed by atoms with Crippen LogP contribution in [0.5, 0.6) is 0 Å². The van der Waals surface area contributed by atoms with Crippen LogP contribution in [0, 0.1) is 17.7 Å². The minimum Gasteiger partial charge on any atom is -0.384 e. The van der Waals surface area contributed by atoms with Crippen LogP contribution in [0.2, 0.25) is 0 Å². The molecule has 0 radical (unpaired) electrons. The van der Waals surface area contributed by atoms with Crippen molar-refractivity contribution < 1.29 is 9.50 Å². The quantitative estimate of drug-likeness (QED) is 0.874. The van der Waals surface area contributed by atoms with Crippen molar-refractivity contribution in [1.29, 1.82) is 0 Å². The van der Waals surface area contributed by atoms with Gasteiger partial charge in [-0.15, -0.1) is 0 Å². The zero-order chi connectivity index (χ0) is 15.1. The maximum absolute atomic E-state index is 13.6. The topological polar surface area (TPSA) is 36.4 Å². The Balaban J connectivity index is 2.06. The Bertz CT molecular complexity index is 647. The van der Waals surface area contributed by atoms with Gasteiger partial charge < -0.3 is 5.11 Å². The number of aromatic nitrogens is 1. The fraction of sp³-hybridized carbons (Fsp3) is 0.235. The lowest BCUT2D eigenvalue weighted by Crippen LogP contribution is -2.18. The molecule has 4 heteroatoms. The highest BCUT2D eigenvalue weighted by Crippen LogP contribution is 2.11. The molecule has 0 spiro atoms. The number of halogens is 1.